The molecule has 2 rings (SSSR count). The molecule has 2 heterocycles. The number of nitrogens with one attached hydrogen (secondary N) is 1. The van der Waals surface area contributed by atoms with Gasteiger partial charge in [-0.25, -0.2) is 4.98 Å². The Kier molecular flexibility index (Phi) is 3.52. The van der Waals surface area contributed by atoms with Crippen LogP contribution in [-0.2, 0) is 11.1 Å². The van der Waals surface area contributed by atoms with E-state index in [1.54, 1.807) is 4.57 Å². The van der Waals surface area contributed by atoms with E-state index in [1.807, 2.05) is 0 Å². The molecule has 0 radical (unpaired) electrons. The summed E-state index contributed by atoms with van der Waals surface area (Å²) >= 11 is 0. The minimum atomic E-state index is -4.13. The number of allylic oxidation sites excluding steroid dienone is 1. The fourth-order valence-electron chi connectivity index (χ4n) is 1.56. The summed E-state index contributed by atoms with van der Waals surface area (Å²) in [6, 6.07) is 0. The molecule has 9 nitrogen and oxygen atoms in total. The minimum Gasteiger partial charge on any atom is -0.369 e. The largest absolute Gasteiger partial charge is 0.369 e. The molecular weight excluding hydrogens is 273 g/mol. The summed E-state index contributed by atoms with van der Waals surface area (Å²) in [5.41, 5.74) is 5.53. The molecule has 5 N–H and O–H groups in total. The molecule has 2 aromatic heterocycles. The fraction of sp³-hybridized carbons (Fsp3) is 0.222. The van der Waals surface area contributed by atoms with Crippen LogP contribution in [0.25, 0.3) is 11.2 Å². The third-order valence-corrected chi connectivity index (χ3v) is 2.93. The summed E-state index contributed by atoms with van der Waals surface area (Å²) in [5.74, 6) is 0.825. The predicted octanol–water partition coefficient (Wildman–Crippen LogP) is -0.217. The van der Waals surface area contributed by atoms with E-state index < -0.39 is 13.2 Å². The van der Waals surface area contributed by atoms with Gasteiger partial charge in [-0.1, -0.05) is 6.08 Å². The number of anilines is 1. The number of aryl methyl sites for hydroxylation is 1. The first-order chi connectivity index (χ1) is 8.87. The number of rotatable bonds is 4. The van der Waals surface area contributed by atoms with Crippen molar-refractivity contribution in [2.75, 3.05) is 5.73 Å². The van der Waals surface area contributed by atoms with Crippen LogP contribution in [0.1, 0.15) is 6.42 Å². The Morgan fingerprint density at radius 2 is 2.26 bits per heavy atom. The molecule has 0 saturated carbocycles. The zero-order valence-electron chi connectivity index (χ0n) is 9.72. The first-order valence-electron chi connectivity index (χ1n) is 5.30. The molecule has 0 aliphatic rings. The summed E-state index contributed by atoms with van der Waals surface area (Å²) in [6.07, 6.45) is 3.16. The highest BCUT2D eigenvalue weighted by Crippen LogP contribution is 2.35. The maximum absolute atomic E-state index is 11.5. The summed E-state index contributed by atoms with van der Waals surface area (Å²) in [7, 11) is -4.13. The number of hydrogen-bond donors (Lipinski definition) is 4. The minimum absolute atomic E-state index is 0.00925. The lowest BCUT2D eigenvalue weighted by atomic mass is 10.4. The number of imidazole rings is 1. The second-order valence-corrected chi connectivity index (χ2v) is 5.30. The van der Waals surface area contributed by atoms with E-state index in [4.69, 9.17) is 15.5 Å². The predicted molar refractivity (Wildman–Crippen MR) is 68.4 cm³/mol. The van der Waals surface area contributed by atoms with Gasteiger partial charge >= 0.3 is 7.60 Å². The van der Waals surface area contributed by atoms with Gasteiger partial charge in [0.25, 0.3) is 5.56 Å². The van der Waals surface area contributed by atoms with Gasteiger partial charge in [0.15, 0.2) is 11.2 Å². The lowest BCUT2D eigenvalue weighted by Crippen LogP contribution is -2.12. The molecule has 0 amide bonds. The molecule has 0 aromatic carbocycles. The molecular formula is C9H12N5O4P. The Hall–Kier alpha value is -1.96. The molecule has 0 unspecified atom stereocenters. The van der Waals surface area contributed by atoms with Crippen molar-refractivity contribution in [1.82, 2.24) is 19.5 Å². The van der Waals surface area contributed by atoms with E-state index >= 15 is 0 Å². The van der Waals surface area contributed by atoms with Crippen molar-refractivity contribution in [3.05, 3.63) is 28.6 Å². The number of nitrogens with two attached hydrogens (primary N) is 1. The third kappa shape index (κ3) is 3.28. The van der Waals surface area contributed by atoms with Crippen LogP contribution in [0.2, 0.25) is 0 Å². The monoisotopic (exact) mass is 285 g/mol. The van der Waals surface area contributed by atoms with E-state index in [1.165, 1.54) is 12.4 Å². The topological polar surface area (TPSA) is 147 Å². The highest BCUT2D eigenvalue weighted by molar-refractivity contribution is 7.55. The van der Waals surface area contributed by atoms with Crippen LogP contribution in [-0.4, -0.2) is 29.3 Å². The van der Waals surface area contributed by atoms with Crippen LogP contribution in [0.5, 0.6) is 0 Å². The van der Waals surface area contributed by atoms with Crippen LogP contribution in [0.3, 0.4) is 0 Å². The van der Waals surface area contributed by atoms with Gasteiger partial charge in [-0.2, -0.15) is 4.98 Å². The number of aromatic amines is 1. The zero-order chi connectivity index (χ0) is 14.0. The second-order valence-electron chi connectivity index (χ2n) is 3.82. The van der Waals surface area contributed by atoms with Crippen LogP contribution in [0.4, 0.5) is 5.95 Å². The second kappa shape index (κ2) is 4.96. The molecule has 19 heavy (non-hydrogen) atoms. The maximum atomic E-state index is 11.5. The highest BCUT2D eigenvalue weighted by Gasteiger charge is 2.09. The van der Waals surface area contributed by atoms with E-state index in [0.29, 0.717) is 18.6 Å². The Balaban J connectivity index is 2.21. The van der Waals surface area contributed by atoms with Crippen molar-refractivity contribution in [2.24, 2.45) is 0 Å². The van der Waals surface area contributed by atoms with Gasteiger partial charge in [0.2, 0.25) is 5.95 Å². The molecule has 0 spiro atoms. The van der Waals surface area contributed by atoms with Crippen molar-refractivity contribution in [2.45, 2.75) is 13.0 Å². The van der Waals surface area contributed by atoms with Crippen molar-refractivity contribution < 1.29 is 14.4 Å². The summed E-state index contributed by atoms with van der Waals surface area (Å²) in [6.45, 7) is 0.378. The summed E-state index contributed by atoms with van der Waals surface area (Å²) < 4.78 is 12.2. The summed E-state index contributed by atoms with van der Waals surface area (Å²) in [4.78, 5) is 39.0. The number of aromatic nitrogens is 4. The average molecular weight is 285 g/mol. The average Bonchev–Trinajstić information content (AvgIpc) is 2.66. The van der Waals surface area contributed by atoms with E-state index in [2.05, 4.69) is 15.0 Å². The Morgan fingerprint density at radius 1 is 1.53 bits per heavy atom. The smallest absolute Gasteiger partial charge is 0.348 e. The first kappa shape index (κ1) is 13.5. The van der Waals surface area contributed by atoms with Gasteiger partial charge in [0, 0.05) is 12.4 Å². The number of nitrogen functional groups attached to an aromatic ring is 1. The van der Waals surface area contributed by atoms with Crippen LogP contribution in [0, 0.1) is 0 Å². The standard InChI is InChI=1S/C9H12N5O4P/c10-9-12-7-6(8(15)13-9)11-5-14(7)3-1-2-4-19(16,17)18/h2,4-5H,1,3H2,(H2,16,17,18)(H3,10,12,13,15)/b4-2+. The first-order valence-corrected chi connectivity index (χ1v) is 6.98. The van der Waals surface area contributed by atoms with E-state index in [0.717, 1.165) is 5.82 Å². The number of hydrogen-bond acceptors (Lipinski definition) is 5. The SMILES string of the molecule is Nc1nc2c(ncn2CC/C=C/P(=O)(O)O)c(=O)[nH]1. The van der Waals surface area contributed by atoms with E-state index in [9.17, 15) is 9.36 Å². The third-order valence-electron chi connectivity index (χ3n) is 2.33. The number of fused-ring (bicyclic) bond motifs is 1. The zero-order valence-corrected chi connectivity index (χ0v) is 10.6. The summed E-state index contributed by atoms with van der Waals surface area (Å²) in [5, 5.41) is 0. The fourth-order valence-corrected chi connectivity index (χ4v) is 1.98. The van der Waals surface area contributed by atoms with Gasteiger partial charge in [0.05, 0.1) is 6.33 Å². The Labute approximate surface area is 107 Å². The quantitative estimate of drug-likeness (QED) is 0.568. The normalized spacial score (nSPS) is 12.5. The van der Waals surface area contributed by atoms with E-state index in [-0.39, 0.29) is 11.5 Å². The van der Waals surface area contributed by atoms with Crippen molar-refractivity contribution in [1.29, 1.82) is 0 Å². The van der Waals surface area contributed by atoms with Gasteiger partial charge in [-0.05, 0) is 6.42 Å². The molecule has 102 valence electrons. The van der Waals surface area contributed by atoms with Crippen molar-refractivity contribution in [3.63, 3.8) is 0 Å². The lowest BCUT2D eigenvalue weighted by Gasteiger charge is -2.01. The number of H-pyrrole nitrogens is 1. The molecule has 0 saturated heterocycles. The highest BCUT2D eigenvalue weighted by atomic mass is 31.2. The van der Waals surface area contributed by atoms with Crippen molar-refractivity contribution in [3.8, 4) is 0 Å². The molecule has 0 aliphatic heterocycles. The molecule has 0 aliphatic carbocycles. The van der Waals surface area contributed by atoms with Crippen LogP contribution in [0.15, 0.2) is 23.0 Å². The van der Waals surface area contributed by atoms with Gasteiger partial charge in [0.1, 0.15) is 0 Å². The molecule has 10 heteroatoms. The Bertz CT molecular complexity index is 728. The van der Waals surface area contributed by atoms with Gasteiger partial charge in [-0.15, -0.1) is 0 Å². The van der Waals surface area contributed by atoms with Crippen molar-refractivity contribution >= 4 is 24.7 Å². The molecule has 0 atom stereocenters. The molecule has 2 aromatic rings. The number of nitrogens with zero attached hydrogens (tertiary/aromatic N) is 3. The van der Waals surface area contributed by atoms with Crippen LogP contribution < -0.4 is 11.3 Å². The van der Waals surface area contributed by atoms with Gasteiger partial charge < -0.3 is 20.1 Å². The Morgan fingerprint density at radius 3 is 2.95 bits per heavy atom. The maximum Gasteiger partial charge on any atom is 0.348 e. The van der Waals surface area contributed by atoms with Crippen LogP contribution >= 0.6 is 7.60 Å². The molecule has 0 fully saturated rings. The molecule has 0 bridgehead atoms. The van der Waals surface area contributed by atoms with Gasteiger partial charge in [-0.3, -0.25) is 14.3 Å². The lowest BCUT2D eigenvalue weighted by molar-refractivity contribution is 0.386.